The number of piperazine rings is 1. The normalized spacial score (nSPS) is 22.1. The molecular formula is C17H20N4O2S. The van der Waals surface area contributed by atoms with E-state index in [1.54, 1.807) is 11.3 Å². The second-order valence-corrected chi connectivity index (χ2v) is 7.45. The van der Waals surface area contributed by atoms with Crippen molar-refractivity contribution < 1.29 is 9.59 Å². The number of aromatic nitrogens is 1. The van der Waals surface area contributed by atoms with Gasteiger partial charge in [-0.15, -0.1) is 11.3 Å². The van der Waals surface area contributed by atoms with Crippen molar-refractivity contribution in [1.82, 2.24) is 20.1 Å². The molecule has 0 aliphatic carbocycles. The van der Waals surface area contributed by atoms with Gasteiger partial charge in [0.25, 0.3) is 0 Å². The van der Waals surface area contributed by atoms with Crippen LogP contribution in [0, 0.1) is 0 Å². The first-order chi connectivity index (χ1) is 11.7. The SMILES string of the molecule is O=C1CC[C@@H](C(=O)N2CCN(Cc3nc4ccccc4s3)CC2)N1. The summed E-state index contributed by atoms with van der Waals surface area (Å²) in [6, 6.07) is 7.88. The highest BCUT2D eigenvalue weighted by Crippen LogP contribution is 2.23. The molecule has 1 aromatic carbocycles. The number of amides is 2. The molecule has 4 rings (SSSR count). The van der Waals surface area contributed by atoms with E-state index in [9.17, 15) is 9.59 Å². The lowest BCUT2D eigenvalue weighted by Gasteiger charge is -2.35. The Hall–Kier alpha value is -1.99. The van der Waals surface area contributed by atoms with Gasteiger partial charge in [-0.3, -0.25) is 14.5 Å². The third kappa shape index (κ3) is 3.14. The number of rotatable bonds is 3. The number of carbonyl (C=O) groups excluding carboxylic acids is 2. The van der Waals surface area contributed by atoms with Crippen LogP contribution in [0.5, 0.6) is 0 Å². The van der Waals surface area contributed by atoms with Crippen molar-refractivity contribution in [2.24, 2.45) is 0 Å². The zero-order valence-electron chi connectivity index (χ0n) is 13.4. The molecule has 1 N–H and O–H groups in total. The highest BCUT2D eigenvalue weighted by atomic mass is 32.1. The van der Waals surface area contributed by atoms with Crippen LogP contribution in [-0.2, 0) is 16.1 Å². The minimum absolute atomic E-state index is 0.0113. The van der Waals surface area contributed by atoms with E-state index >= 15 is 0 Å². The maximum Gasteiger partial charge on any atom is 0.245 e. The van der Waals surface area contributed by atoms with E-state index in [1.807, 2.05) is 23.1 Å². The van der Waals surface area contributed by atoms with Gasteiger partial charge in [0.1, 0.15) is 11.0 Å². The first kappa shape index (κ1) is 15.5. The smallest absolute Gasteiger partial charge is 0.245 e. The summed E-state index contributed by atoms with van der Waals surface area (Å²) >= 11 is 1.74. The van der Waals surface area contributed by atoms with Gasteiger partial charge in [-0.2, -0.15) is 0 Å². The van der Waals surface area contributed by atoms with Gasteiger partial charge in [-0.25, -0.2) is 4.98 Å². The van der Waals surface area contributed by atoms with E-state index in [-0.39, 0.29) is 17.9 Å². The number of nitrogens with one attached hydrogen (secondary N) is 1. The molecule has 0 bridgehead atoms. The number of hydrogen-bond acceptors (Lipinski definition) is 5. The van der Waals surface area contributed by atoms with Crippen LogP contribution in [0.15, 0.2) is 24.3 Å². The van der Waals surface area contributed by atoms with Crippen LogP contribution in [0.4, 0.5) is 0 Å². The van der Waals surface area contributed by atoms with Crippen LogP contribution >= 0.6 is 11.3 Å². The lowest BCUT2D eigenvalue weighted by molar-refractivity contribution is -0.136. The van der Waals surface area contributed by atoms with Crippen LogP contribution in [0.2, 0.25) is 0 Å². The van der Waals surface area contributed by atoms with E-state index in [0.29, 0.717) is 12.8 Å². The van der Waals surface area contributed by atoms with Crippen molar-refractivity contribution in [3.05, 3.63) is 29.3 Å². The number of benzene rings is 1. The molecule has 3 heterocycles. The Morgan fingerprint density at radius 1 is 1.25 bits per heavy atom. The van der Waals surface area contributed by atoms with Crippen molar-refractivity contribution in [1.29, 1.82) is 0 Å². The summed E-state index contributed by atoms with van der Waals surface area (Å²) in [5, 5.41) is 3.89. The molecule has 2 amide bonds. The third-order valence-corrected chi connectivity index (χ3v) is 5.70. The Labute approximate surface area is 144 Å². The first-order valence-electron chi connectivity index (χ1n) is 8.34. The molecule has 2 aromatic rings. The van der Waals surface area contributed by atoms with E-state index in [1.165, 1.54) is 4.70 Å². The Morgan fingerprint density at radius 2 is 2.04 bits per heavy atom. The lowest BCUT2D eigenvalue weighted by atomic mass is 10.2. The largest absolute Gasteiger partial charge is 0.344 e. The summed E-state index contributed by atoms with van der Waals surface area (Å²) in [4.78, 5) is 32.6. The minimum atomic E-state index is -0.312. The standard InChI is InChI=1S/C17H20N4O2S/c22-15-6-5-13(18-15)17(23)21-9-7-20(8-10-21)11-16-19-12-3-1-2-4-14(12)24-16/h1-4,13H,5-11H2,(H,18,22)/t13-/m0/s1. The molecule has 7 heteroatoms. The molecule has 0 saturated carbocycles. The van der Waals surface area contributed by atoms with E-state index in [4.69, 9.17) is 0 Å². The van der Waals surface area contributed by atoms with Crippen molar-refractivity contribution in [3.63, 3.8) is 0 Å². The molecule has 126 valence electrons. The zero-order chi connectivity index (χ0) is 16.5. The maximum atomic E-state index is 12.4. The first-order valence-corrected chi connectivity index (χ1v) is 9.16. The van der Waals surface area contributed by atoms with Crippen molar-refractivity contribution >= 4 is 33.4 Å². The molecule has 0 radical (unpaired) electrons. The lowest BCUT2D eigenvalue weighted by Crippen LogP contribution is -2.53. The van der Waals surface area contributed by atoms with Crippen LogP contribution in [0.3, 0.4) is 0 Å². The summed E-state index contributed by atoms with van der Waals surface area (Å²) in [5.41, 5.74) is 1.06. The molecule has 24 heavy (non-hydrogen) atoms. The van der Waals surface area contributed by atoms with Gasteiger partial charge in [-0.1, -0.05) is 12.1 Å². The van der Waals surface area contributed by atoms with Gasteiger partial charge in [0, 0.05) is 32.6 Å². The average molecular weight is 344 g/mol. The molecule has 1 atom stereocenters. The maximum absolute atomic E-state index is 12.4. The van der Waals surface area contributed by atoms with Crippen LogP contribution < -0.4 is 5.32 Å². The van der Waals surface area contributed by atoms with E-state index in [0.717, 1.165) is 43.2 Å². The summed E-state index contributed by atoms with van der Waals surface area (Å²) in [5.74, 6) is 0.0586. The van der Waals surface area contributed by atoms with Crippen molar-refractivity contribution in [2.45, 2.75) is 25.4 Å². The summed E-state index contributed by atoms with van der Waals surface area (Å²) in [6.45, 7) is 3.97. The monoisotopic (exact) mass is 344 g/mol. The highest BCUT2D eigenvalue weighted by Gasteiger charge is 2.32. The van der Waals surface area contributed by atoms with Gasteiger partial charge in [0.05, 0.1) is 16.8 Å². The molecule has 0 spiro atoms. The van der Waals surface area contributed by atoms with Crippen LogP contribution in [-0.4, -0.2) is 58.8 Å². The second-order valence-electron chi connectivity index (χ2n) is 6.34. The van der Waals surface area contributed by atoms with E-state index < -0.39 is 0 Å². The summed E-state index contributed by atoms with van der Waals surface area (Å²) in [6.07, 6.45) is 1.09. The number of nitrogens with zero attached hydrogens (tertiary/aromatic N) is 3. The third-order valence-electron chi connectivity index (χ3n) is 4.67. The molecular weight excluding hydrogens is 324 g/mol. The molecule has 1 aromatic heterocycles. The average Bonchev–Trinajstić information content (AvgIpc) is 3.20. The minimum Gasteiger partial charge on any atom is -0.344 e. The number of fused-ring (bicyclic) bond motifs is 1. The van der Waals surface area contributed by atoms with Gasteiger partial charge >= 0.3 is 0 Å². The fourth-order valence-electron chi connectivity index (χ4n) is 3.32. The van der Waals surface area contributed by atoms with Crippen LogP contribution in [0.1, 0.15) is 17.8 Å². The predicted octanol–water partition coefficient (Wildman–Crippen LogP) is 1.22. The van der Waals surface area contributed by atoms with Crippen molar-refractivity contribution in [2.75, 3.05) is 26.2 Å². The Balaban J connectivity index is 1.32. The second kappa shape index (κ2) is 6.49. The number of carbonyl (C=O) groups is 2. The van der Waals surface area contributed by atoms with Gasteiger partial charge in [0.2, 0.25) is 11.8 Å². The molecule has 2 saturated heterocycles. The van der Waals surface area contributed by atoms with Crippen molar-refractivity contribution in [3.8, 4) is 0 Å². The molecule has 6 nitrogen and oxygen atoms in total. The summed E-state index contributed by atoms with van der Waals surface area (Å²) < 4.78 is 1.22. The zero-order valence-corrected chi connectivity index (χ0v) is 14.2. The van der Waals surface area contributed by atoms with Crippen LogP contribution in [0.25, 0.3) is 10.2 Å². The number of para-hydroxylation sites is 1. The fourth-order valence-corrected chi connectivity index (χ4v) is 4.33. The Kier molecular flexibility index (Phi) is 4.20. The Bertz CT molecular complexity index is 734. The number of thiazole rings is 1. The quantitative estimate of drug-likeness (QED) is 0.909. The highest BCUT2D eigenvalue weighted by molar-refractivity contribution is 7.18. The summed E-state index contributed by atoms with van der Waals surface area (Å²) in [7, 11) is 0. The molecule has 2 aliphatic heterocycles. The number of hydrogen-bond donors (Lipinski definition) is 1. The fraction of sp³-hybridized carbons (Fsp3) is 0.471. The topological polar surface area (TPSA) is 65.5 Å². The molecule has 2 aliphatic rings. The molecule has 2 fully saturated rings. The Morgan fingerprint density at radius 3 is 2.75 bits per heavy atom. The van der Waals surface area contributed by atoms with Gasteiger partial charge < -0.3 is 10.2 Å². The van der Waals surface area contributed by atoms with Gasteiger partial charge in [0.15, 0.2) is 0 Å². The molecule has 0 unspecified atom stereocenters. The van der Waals surface area contributed by atoms with Gasteiger partial charge in [-0.05, 0) is 18.6 Å². The van der Waals surface area contributed by atoms with E-state index in [2.05, 4.69) is 21.3 Å². The predicted molar refractivity (Wildman–Crippen MR) is 92.6 cm³/mol.